The van der Waals surface area contributed by atoms with Crippen molar-refractivity contribution in [3.63, 3.8) is 0 Å². The molecule has 4 N–H and O–H groups in total. The molecule has 0 amide bonds. The van der Waals surface area contributed by atoms with Crippen molar-refractivity contribution in [3.05, 3.63) is 6.33 Å². The molecule has 4 rings (SSSR count). The van der Waals surface area contributed by atoms with Gasteiger partial charge in [0.2, 0.25) is 0 Å². The first-order valence-corrected chi connectivity index (χ1v) is 8.50. The monoisotopic (exact) mass is 423 g/mol. The second-order valence-corrected chi connectivity index (χ2v) is 6.79. The van der Waals surface area contributed by atoms with E-state index in [1.54, 1.807) is 0 Å². The second kappa shape index (κ2) is 6.62. The van der Waals surface area contributed by atoms with Gasteiger partial charge in [-0.05, 0) is 0 Å². The highest BCUT2D eigenvalue weighted by atomic mass is 19.3. The molecule has 3 heterocycles. The van der Waals surface area contributed by atoms with Gasteiger partial charge in [-0.25, -0.2) is 4.98 Å². The molecule has 0 bridgehead atoms. The molecule has 2 aromatic heterocycles. The maximum absolute atomic E-state index is 13.5. The Morgan fingerprint density at radius 2 is 2.07 bits per heavy atom. The number of nitrogens with zero attached hydrogens (tertiary/aromatic N) is 4. The van der Waals surface area contributed by atoms with Gasteiger partial charge in [0.05, 0.1) is 19.4 Å². The Bertz CT molecular complexity index is 928. The number of aromatic nitrogens is 4. The van der Waals surface area contributed by atoms with Gasteiger partial charge >= 0.3 is 17.9 Å². The van der Waals surface area contributed by atoms with Gasteiger partial charge in [-0.15, -0.1) is 0 Å². The molecule has 10 nitrogen and oxygen atoms in total. The molecule has 1 saturated carbocycles. The molecule has 1 saturated heterocycles. The number of nitrogens with two attached hydrogens (primary N) is 1. The number of anilines is 1. The molecule has 2 aromatic rings. The normalized spacial score (nSPS) is 33.0. The molecule has 2 aliphatic rings. The quantitative estimate of drug-likeness (QED) is 0.572. The van der Waals surface area contributed by atoms with Crippen LogP contribution in [0.15, 0.2) is 6.33 Å². The third-order valence-corrected chi connectivity index (χ3v) is 5.05. The van der Waals surface area contributed by atoms with Gasteiger partial charge in [0, 0.05) is 7.11 Å². The lowest BCUT2D eigenvalue weighted by molar-refractivity contribution is -0.325. The summed E-state index contributed by atoms with van der Waals surface area (Å²) in [6.07, 6.45) is -6.09. The number of aliphatic hydroxyl groups is 2. The van der Waals surface area contributed by atoms with Crippen LogP contribution >= 0.6 is 0 Å². The van der Waals surface area contributed by atoms with Crippen LogP contribution < -0.4 is 10.5 Å². The summed E-state index contributed by atoms with van der Waals surface area (Å²) in [5.41, 5.74) is 5.83. The van der Waals surface area contributed by atoms with Crippen LogP contribution in [0.1, 0.15) is 12.6 Å². The number of hydrogen-bond acceptors (Lipinski definition) is 9. The molecule has 2 unspecified atom stereocenters. The standard InChI is InChI=1S/C15H17F4N5O5/c1-27-9-8(26)5(3-25)28-12(9)24-4-21-7-10(20)22-13(23-11(7)24)29-6-2-14(16,17)15(6,18)19/h4-6,8-9,12,25-26H,2-3H2,1H3,(H2,20,22,23)/t5-,6?,8-,9-,12?/m1/s1. The summed E-state index contributed by atoms with van der Waals surface area (Å²) in [4.78, 5) is 11.7. The van der Waals surface area contributed by atoms with Gasteiger partial charge in [-0.1, -0.05) is 0 Å². The van der Waals surface area contributed by atoms with Crippen LogP contribution in [0.25, 0.3) is 11.2 Å². The number of rotatable bonds is 5. The van der Waals surface area contributed by atoms with Gasteiger partial charge in [0.1, 0.15) is 18.3 Å². The summed E-state index contributed by atoms with van der Waals surface area (Å²) in [6.45, 7) is -0.486. The summed E-state index contributed by atoms with van der Waals surface area (Å²) in [5.74, 6) is -8.77. The van der Waals surface area contributed by atoms with E-state index in [0.717, 1.165) is 0 Å². The van der Waals surface area contributed by atoms with E-state index in [4.69, 9.17) is 19.9 Å². The van der Waals surface area contributed by atoms with Crippen molar-refractivity contribution in [2.45, 2.75) is 48.9 Å². The van der Waals surface area contributed by atoms with E-state index >= 15 is 0 Å². The fourth-order valence-electron chi connectivity index (χ4n) is 3.35. The van der Waals surface area contributed by atoms with Crippen molar-refractivity contribution in [1.29, 1.82) is 0 Å². The Hall–Kier alpha value is -2.29. The van der Waals surface area contributed by atoms with Crippen molar-refractivity contribution < 1.29 is 42.0 Å². The first kappa shape index (κ1) is 20.0. The summed E-state index contributed by atoms with van der Waals surface area (Å²) in [7, 11) is 1.32. The maximum atomic E-state index is 13.5. The minimum absolute atomic E-state index is 0.0141. The Kier molecular flexibility index (Phi) is 4.56. The van der Waals surface area contributed by atoms with Crippen LogP contribution in [0.2, 0.25) is 0 Å². The first-order chi connectivity index (χ1) is 13.6. The van der Waals surface area contributed by atoms with E-state index in [9.17, 15) is 27.8 Å². The number of fused-ring (bicyclic) bond motifs is 1. The van der Waals surface area contributed by atoms with Crippen LogP contribution in [-0.2, 0) is 9.47 Å². The van der Waals surface area contributed by atoms with Crippen molar-refractivity contribution in [2.24, 2.45) is 0 Å². The zero-order chi connectivity index (χ0) is 21.1. The van der Waals surface area contributed by atoms with Crippen molar-refractivity contribution in [1.82, 2.24) is 19.5 Å². The lowest BCUT2D eigenvalue weighted by Gasteiger charge is -2.42. The summed E-state index contributed by atoms with van der Waals surface area (Å²) < 4.78 is 70.0. The number of nitrogen functional groups attached to an aromatic ring is 1. The van der Waals surface area contributed by atoms with Gasteiger partial charge < -0.3 is 30.2 Å². The lowest BCUT2D eigenvalue weighted by Crippen LogP contribution is -2.64. The molecule has 0 spiro atoms. The van der Waals surface area contributed by atoms with Crippen LogP contribution in [0.4, 0.5) is 23.4 Å². The fraction of sp³-hybridized carbons (Fsp3) is 0.667. The molecule has 0 radical (unpaired) electrons. The topological polar surface area (TPSA) is 138 Å². The van der Waals surface area contributed by atoms with Crippen LogP contribution in [-0.4, -0.2) is 79.7 Å². The number of aliphatic hydroxyl groups excluding tert-OH is 2. The summed E-state index contributed by atoms with van der Waals surface area (Å²) >= 11 is 0. The highest BCUT2D eigenvalue weighted by molar-refractivity contribution is 5.82. The molecule has 2 fully saturated rings. The second-order valence-electron chi connectivity index (χ2n) is 6.79. The van der Waals surface area contributed by atoms with Gasteiger partial charge in [0.25, 0.3) is 0 Å². The minimum atomic E-state index is -4.37. The van der Waals surface area contributed by atoms with Crippen molar-refractivity contribution in [3.8, 4) is 6.01 Å². The number of methoxy groups -OCH3 is 1. The molecule has 0 aromatic carbocycles. The van der Waals surface area contributed by atoms with Crippen LogP contribution in [0.5, 0.6) is 6.01 Å². The Morgan fingerprint density at radius 3 is 2.66 bits per heavy atom. The van der Waals surface area contributed by atoms with E-state index in [1.165, 1.54) is 18.0 Å². The first-order valence-electron chi connectivity index (χ1n) is 8.50. The highest BCUT2D eigenvalue weighted by Crippen LogP contribution is 2.52. The third kappa shape index (κ3) is 2.89. The minimum Gasteiger partial charge on any atom is -0.453 e. The van der Waals surface area contributed by atoms with Gasteiger partial charge in [-0.2, -0.15) is 27.5 Å². The highest BCUT2D eigenvalue weighted by Gasteiger charge is 2.73. The average molecular weight is 423 g/mol. The van der Waals surface area contributed by atoms with Crippen molar-refractivity contribution >= 4 is 17.0 Å². The predicted octanol–water partition coefficient (Wildman–Crippen LogP) is 0.0958. The van der Waals surface area contributed by atoms with Crippen LogP contribution in [0.3, 0.4) is 0 Å². The summed E-state index contributed by atoms with van der Waals surface area (Å²) in [6, 6.07) is -0.636. The Labute approximate surface area is 160 Å². The fourth-order valence-corrected chi connectivity index (χ4v) is 3.35. The van der Waals surface area contributed by atoms with Crippen molar-refractivity contribution in [2.75, 3.05) is 19.5 Å². The number of halogens is 4. The van der Waals surface area contributed by atoms with Gasteiger partial charge in [-0.3, -0.25) is 4.57 Å². The molecule has 160 valence electrons. The van der Waals surface area contributed by atoms with Crippen LogP contribution in [0, 0.1) is 0 Å². The van der Waals surface area contributed by atoms with E-state index < -0.39 is 61.5 Å². The Morgan fingerprint density at radius 1 is 1.34 bits per heavy atom. The summed E-state index contributed by atoms with van der Waals surface area (Å²) in [5, 5.41) is 19.5. The van der Waals surface area contributed by atoms with E-state index in [1.807, 2.05) is 0 Å². The molecule has 29 heavy (non-hydrogen) atoms. The lowest BCUT2D eigenvalue weighted by atomic mass is 9.85. The van der Waals surface area contributed by atoms with E-state index in [-0.39, 0.29) is 17.0 Å². The largest absolute Gasteiger partial charge is 0.453 e. The zero-order valence-electron chi connectivity index (χ0n) is 14.9. The Balaban J connectivity index is 1.68. The smallest absolute Gasteiger partial charge is 0.346 e. The third-order valence-electron chi connectivity index (χ3n) is 5.05. The number of imidazole rings is 1. The molecule has 14 heteroatoms. The predicted molar refractivity (Wildman–Crippen MR) is 86.5 cm³/mol. The van der Waals surface area contributed by atoms with E-state index in [2.05, 4.69) is 15.0 Å². The molecule has 1 aliphatic carbocycles. The average Bonchev–Trinajstić information content (AvgIpc) is 3.21. The SMILES string of the molecule is CO[C@H]1C(n2cnc3c(N)nc(OC4CC(F)(F)C4(F)F)nc32)O[C@H](CO)[C@H]1O. The van der Waals surface area contributed by atoms with Gasteiger partial charge in [0.15, 0.2) is 29.3 Å². The molecular formula is C15H17F4N5O5. The zero-order valence-corrected chi connectivity index (χ0v) is 14.9. The molecule has 1 aliphatic heterocycles. The number of ether oxygens (including phenoxy) is 3. The van der Waals surface area contributed by atoms with E-state index in [0.29, 0.717) is 0 Å². The number of hydrogen-bond donors (Lipinski definition) is 3. The molecule has 5 atom stereocenters. The molecular weight excluding hydrogens is 406 g/mol. The maximum Gasteiger partial charge on any atom is 0.346 e. The number of alkyl halides is 4.